The van der Waals surface area contributed by atoms with Gasteiger partial charge in [-0.25, -0.2) is 0 Å². The fourth-order valence-corrected chi connectivity index (χ4v) is 1.08. The Morgan fingerprint density at radius 1 is 0.882 bits per heavy atom. The van der Waals surface area contributed by atoms with E-state index in [0.717, 1.165) is 0 Å². The molecule has 0 saturated carbocycles. The molecule has 0 heterocycles. The van der Waals surface area contributed by atoms with Gasteiger partial charge in [0.15, 0.2) is 0 Å². The lowest BCUT2D eigenvalue weighted by Crippen LogP contribution is -2.24. The second-order valence-corrected chi connectivity index (χ2v) is 3.27. The molecule has 17 heavy (non-hydrogen) atoms. The van der Waals surface area contributed by atoms with Gasteiger partial charge in [-0.05, 0) is 0 Å². The van der Waals surface area contributed by atoms with Gasteiger partial charge in [0.1, 0.15) is 0 Å². The molecule has 0 saturated heterocycles. The maximum absolute atomic E-state index is 8.60. The molecule has 0 amide bonds. The predicted molar refractivity (Wildman–Crippen MR) is 64.9 cm³/mol. The van der Waals surface area contributed by atoms with Crippen LogP contribution in [0.3, 0.4) is 0 Å². The molecule has 0 aromatic heterocycles. The zero-order valence-corrected chi connectivity index (χ0v) is 10.1. The van der Waals surface area contributed by atoms with Crippen molar-refractivity contribution in [1.82, 2.24) is 0 Å². The van der Waals surface area contributed by atoms with Gasteiger partial charge in [0.25, 0.3) is 0 Å². The molecule has 0 aromatic carbocycles. The second-order valence-electron chi connectivity index (χ2n) is 3.27. The Morgan fingerprint density at radius 3 is 1.59 bits per heavy atom. The van der Waals surface area contributed by atoms with E-state index in [0.29, 0.717) is 13.2 Å². The monoisotopic (exact) mass is 246 g/mol. The minimum atomic E-state index is -0.245. The van der Waals surface area contributed by atoms with E-state index in [9.17, 15) is 0 Å². The molecule has 100 valence electrons. The number of aliphatic hydroxyl groups is 2. The van der Waals surface area contributed by atoms with Crippen LogP contribution in [0.2, 0.25) is 0 Å². The fourth-order valence-electron chi connectivity index (χ4n) is 1.08. The zero-order chi connectivity index (χ0) is 12.9. The number of aliphatic hydroxyl groups excluding tert-OH is 2. The molecule has 2 N–H and O–H groups in total. The summed E-state index contributed by atoms with van der Waals surface area (Å²) < 4.78 is 15.9. The second kappa shape index (κ2) is 11.8. The molecule has 5 heteroatoms. The van der Waals surface area contributed by atoms with E-state index in [1.807, 2.05) is 0 Å². The van der Waals surface area contributed by atoms with Crippen molar-refractivity contribution in [2.24, 2.45) is 0 Å². The van der Waals surface area contributed by atoms with Crippen molar-refractivity contribution < 1.29 is 24.4 Å². The SMILES string of the molecule is C=CC(COCC(C=C)OCCO)OCCO. The van der Waals surface area contributed by atoms with Gasteiger partial charge < -0.3 is 24.4 Å². The third kappa shape index (κ3) is 9.02. The van der Waals surface area contributed by atoms with Crippen molar-refractivity contribution in [2.45, 2.75) is 12.2 Å². The predicted octanol–water partition coefficient (Wildman–Crippen LogP) is 0.130. The first kappa shape index (κ1) is 16.3. The molecule has 2 unspecified atom stereocenters. The topological polar surface area (TPSA) is 68.2 Å². The Labute approximate surface area is 102 Å². The van der Waals surface area contributed by atoms with Gasteiger partial charge >= 0.3 is 0 Å². The van der Waals surface area contributed by atoms with Crippen molar-refractivity contribution in [1.29, 1.82) is 0 Å². The Morgan fingerprint density at radius 2 is 1.29 bits per heavy atom. The Bertz CT molecular complexity index is 175. The molecule has 2 atom stereocenters. The zero-order valence-electron chi connectivity index (χ0n) is 10.1. The van der Waals surface area contributed by atoms with Crippen molar-refractivity contribution in [3.63, 3.8) is 0 Å². The summed E-state index contributed by atoms with van der Waals surface area (Å²) in [6, 6.07) is 0. The normalized spacial score (nSPS) is 14.2. The Hall–Kier alpha value is -0.720. The van der Waals surface area contributed by atoms with Crippen LogP contribution in [-0.2, 0) is 14.2 Å². The van der Waals surface area contributed by atoms with E-state index in [2.05, 4.69) is 13.2 Å². The van der Waals surface area contributed by atoms with Crippen LogP contribution in [0, 0.1) is 0 Å². The van der Waals surface area contributed by atoms with Gasteiger partial charge in [0.2, 0.25) is 0 Å². The van der Waals surface area contributed by atoms with Crippen LogP contribution in [0.25, 0.3) is 0 Å². The third-order valence-corrected chi connectivity index (χ3v) is 1.94. The molecule has 0 aliphatic carbocycles. The van der Waals surface area contributed by atoms with Gasteiger partial charge in [-0.1, -0.05) is 12.2 Å². The number of rotatable bonds is 12. The summed E-state index contributed by atoms with van der Waals surface area (Å²) in [4.78, 5) is 0. The highest BCUT2D eigenvalue weighted by Crippen LogP contribution is 1.99. The number of hydrogen-bond acceptors (Lipinski definition) is 5. The standard InChI is InChI=1S/C12H22O5/c1-3-11(16-7-5-13)9-15-10-12(4-2)17-8-6-14/h3-4,11-14H,1-2,5-10H2. The van der Waals surface area contributed by atoms with E-state index in [1.165, 1.54) is 0 Å². The van der Waals surface area contributed by atoms with Crippen LogP contribution in [0.4, 0.5) is 0 Å². The minimum Gasteiger partial charge on any atom is -0.394 e. The molecular formula is C12H22O5. The lowest BCUT2D eigenvalue weighted by atomic mass is 10.3. The summed E-state index contributed by atoms with van der Waals surface area (Å²) in [5, 5.41) is 17.2. The maximum Gasteiger partial charge on any atom is 0.0987 e. The summed E-state index contributed by atoms with van der Waals surface area (Å²) in [7, 11) is 0. The molecule has 5 nitrogen and oxygen atoms in total. The van der Waals surface area contributed by atoms with Crippen molar-refractivity contribution in [2.75, 3.05) is 39.6 Å². The first-order valence-corrected chi connectivity index (χ1v) is 5.56. The van der Waals surface area contributed by atoms with Crippen molar-refractivity contribution in [3.8, 4) is 0 Å². The summed E-state index contributed by atoms with van der Waals surface area (Å²) >= 11 is 0. The van der Waals surface area contributed by atoms with Gasteiger partial charge in [-0.15, -0.1) is 13.2 Å². The van der Waals surface area contributed by atoms with Gasteiger partial charge in [-0.2, -0.15) is 0 Å². The maximum atomic E-state index is 8.60. The van der Waals surface area contributed by atoms with E-state index < -0.39 is 0 Å². The summed E-state index contributed by atoms with van der Waals surface area (Å²) in [5.74, 6) is 0. The average molecular weight is 246 g/mol. The molecule has 0 spiro atoms. The first-order chi connectivity index (χ1) is 8.28. The molecule has 0 bridgehead atoms. The lowest BCUT2D eigenvalue weighted by Gasteiger charge is -2.17. The van der Waals surface area contributed by atoms with Crippen LogP contribution in [0.1, 0.15) is 0 Å². The molecule has 0 aliphatic rings. The summed E-state index contributed by atoms with van der Waals surface area (Å²) in [5.41, 5.74) is 0. The van der Waals surface area contributed by atoms with Gasteiger partial charge in [-0.3, -0.25) is 0 Å². The van der Waals surface area contributed by atoms with Crippen LogP contribution in [0.15, 0.2) is 25.3 Å². The third-order valence-electron chi connectivity index (χ3n) is 1.94. The van der Waals surface area contributed by atoms with E-state index in [4.69, 9.17) is 24.4 Å². The quantitative estimate of drug-likeness (QED) is 0.479. The highest BCUT2D eigenvalue weighted by atomic mass is 16.6. The van der Waals surface area contributed by atoms with Crippen LogP contribution < -0.4 is 0 Å². The fraction of sp³-hybridized carbons (Fsp3) is 0.667. The van der Waals surface area contributed by atoms with Crippen LogP contribution in [-0.4, -0.2) is 62.1 Å². The van der Waals surface area contributed by atoms with Gasteiger partial charge in [0, 0.05) is 0 Å². The van der Waals surface area contributed by atoms with E-state index in [-0.39, 0.29) is 38.6 Å². The Kier molecular flexibility index (Phi) is 11.3. The highest BCUT2D eigenvalue weighted by Gasteiger charge is 2.08. The largest absolute Gasteiger partial charge is 0.394 e. The lowest BCUT2D eigenvalue weighted by molar-refractivity contribution is -0.0403. The Balaban J connectivity index is 3.69. The molecule has 0 fully saturated rings. The number of ether oxygens (including phenoxy) is 3. The van der Waals surface area contributed by atoms with Gasteiger partial charge in [0.05, 0.1) is 51.8 Å². The number of hydrogen-bond donors (Lipinski definition) is 2. The molecular weight excluding hydrogens is 224 g/mol. The minimum absolute atomic E-state index is 0.0285. The molecule has 0 aromatic rings. The van der Waals surface area contributed by atoms with E-state index >= 15 is 0 Å². The van der Waals surface area contributed by atoms with Crippen LogP contribution >= 0.6 is 0 Å². The van der Waals surface area contributed by atoms with Crippen molar-refractivity contribution in [3.05, 3.63) is 25.3 Å². The first-order valence-electron chi connectivity index (χ1n) is 5.56. The summed E-state index contributed by atoms with van der Waals surface area (Å²) in [6.45, 7) is 8.36. The summed E-state index contributed by atoms with van der Waals surface area (Å²) in [6.07, 6.45) is 2.75. The molecule has 0 radical (unpaired) electrons. The van der Waals surface area contributed by atoms with E-state index in [1.54, 1.807) is 12.2 Å². The molecule has 0 rings (SSSR count). The highest BCUT2D eigenvalue weighted by molar-refractivity contribution is 4.82. The van der Waals surface area contributed by atoms with Crippen molar-refractivity contribution >= 4 is 0 Å². The average Bonchev–Trinajstić information content (AvgIpc) is 2.37. The smallest absolute Gasteiger partial charge is 0.0987 e. The molecule has 0 aliphatic heterocycles. The van der Waals surface area contributed by atoms with Crippen LogP contribution in [0.5, 0.6) is 0 Å².